The van der Waals surface area contributed by atoms with Gasteiger partial charge in [-0.1, -0.05) is 23.2 Å². The van der Waals surface area contributed by atoms with Crippen molar-refractivity contribution in [2.75, 3.05) is 23.7 Å². The standard InChI is InChI=1S/C18H18Cl2N4O2/c19-12-1-3-14(18(26)24-16-4-2-13(20)10-22-16)15(9-12)23-17(25)11-5-7-21-8-6-11/h1-4,9-11,21H,5-8H2,(H,23,25)(H,22,24,26). The number of pyridine rings is 1. The highest BCUT2D eigenvalue weighted by Crippen LogP contribution is 2.24. The number of hydrogen-bond acceptors (Lipinski definition) is 4. The number of piperidine rings is 1. The van der Waals surface area contributed by atoms with Gasteiger partial charge in [-0.3, -0.25) is 9.59 Å². The van der Waals surface area contributed by atoms with Crippen LogP contribution in [-0.2, 0) is 4.79 Å². The van der Waals surface area contributed by atoms with Gasteiger partial charge in [0.1, 0.15) is 5.82 Å². The molecule has 0 unspecified atom stereocenters. The molecular weight excluding hydrogens is 375 g/mol. The molecule has 1 aromatic carbocycles. The summed E-state index contributed by atoms with van der Waals surface area (Å²) >= 11 is 11.8. The molecule has 2 amide bonds. The van der Waals surface area contributed by atoms with Gasteiger partial charge in [-0.05, 0) is 56.3 Å². The third-order valence-electron chi connectivity index (χ3n) is 4.16. The number of amides is 2. The monoisotopic (exact) mass is 392 g/mol. The lowest BCUT2D eigenvalue weighted by molar-refractivity contribution is -0.120. The van der Waals surface area contributed by atoms with Gasteiger partial charge in [0.05, 0.1) is 16.3 Å². The molecule has 3 rings (SSSR count). The number of rotatable bonds is 4. The third kappa shape index (κ3) is 4.72. The number of anilines is 2. The maximum Gasteiger partial charge on any atom is 0.258 e. The van der Waals surface area contributed by atoms with E-state index in [2.05, 4.69) is 20.9 Å². The highest BCUT2D eigenvalue weighted by atomic mass is 35.5. The molecule has 2 heterocycles. The van der Waals surface area contributed by atoms with Gasteiger partial charge in [-0.2, -0.15) is 0 Å². The molecule has 6 nitrogen and oxygen atoms in total. The SMILES string of the molecule is O=C(Nc1ccc(Cl)cn1)c1ccc(Cl)cc1NC(=O)C1CCNCC1. The zero-order valence-corrected chi connectivity index (χ0v) is 15.4. The van der Waals surface area contributed by atoms with Gasteiger partial charge in [0.2, 0.25) is 5.91 Å². The lowest BCUT2D eigenvalue weighted by Gasteiger charge is -2.22. The van der Waals surface area contributed by atoms with Crippen molar-refractivity contribution in [3.8, 4) is 0 Å². The van der Waals surface area contributed by atoms with Crippen LogP contribution in [0.4, 0.5) is 11.5 Å². The summed E-state index contributed by atoms with van der Waals surface area (Å²) in [6.07, 6.45) is 2.98. The van der Waals surface area contributed by atoms with E-state index in [0.29, 0.717) is 27.1 Å². The molecule has 1 aliphatic heterocycles. The second kappa shape index (κ2) is 8.49. The van der Waals surface area contributed by atoms with Crippen LogP contribution in [0.5, 0.6) is 0 Å². The summed E-state index contributed by atoms with van der Waals surface area (Å²) < 4.78 is 0. The maximum absolute atomic E-state index is 12.6. The maximum atomic E-state index is 12.6. The Morgan fingerprint density at radius 3 is 2.46 bits per heavy atom. The largest absolute Gasteiger partial charge is 0.325 e. The van der Waals surface area contributed by atoms with Gasteiger partial charge in [0, 0.05) is 17.1 Å². The van der Waals surface area contributed by atoms with E-state index in [1.54, 1.807) is 30.3 Å². The summed E-state index contributed by atoms with van der Waals surface area (Å²) in [4.78, 5) is 29.2. The molecule has 0 spiro atoms. The minimum absolute atomic E-state index is 0.0796. The van der Waals surface area contributed by atoms with Gasteiger partial charge in [0.15, 0.2) is 0 Å². The van der Waals surface area contributed by atoms with E-state index in [1.807, 2.05) is 0 Å². The van der Waals surface area contributed by atoms with Crippen molar-refractivity contribution in [1.82, 2.24) is 10.3 Å². The van der Waals surface area contributed by atoms with E-state index >= 15 is 0 Å². The van der Waals surface area contributed by atoms with Crippen LogP contribution in [0.2, 0.25) is 10.0 Å². The van der Waals surface area contributed by atoms with Crippen LogP contribution in [0.15, 0.2) is 36.5 Å². The highest BCUT2D eigenvalue weighted by Gasteiger charge is 2.23. The minimum atomic E-state index is -0.392. The molecule has 0 bridgehead atoms. The molecule has 1 aliphatic rings. The molecule has 0 atom stereocenters. The average Bonchev–Trinajstić information content (AvgIpc) is 2.64. The summed E-state index contributed by atoms with van der Waals surface area (Å²) in [5, 5.41) is 9.66. The Bertz CT molecular complexity index is 805. The third-order valence-corrected chi connectivity index (χ3v) is 4.62. The van der Waals surface area contributed by atoms with Crippen molar-refractivity contribution in [3.05, 3.63) is 52.1 Å². The number of aromatic nitrogens is 1. The fourth-order valence-electron chi connectivity index (χ4n) is 2.77. The van der Waals surface area contributed by atoms with Gasteiger partial charge < -0.3 is 16.0 Å². The number of halogens is 2. The lowest BCUT2D eigenvalue weighted by Crippen LogP contribution is -2.35. The van der Waals surface area contributed by atoms with Crippen LogP contribution in [0, 0.1) is 5.92 Å². The zero-order chi connectivity index (χ0) is 18.5. The second-order valence-corrected chi connectivity index (χ2v) is 6.89. The first kappa shape index (κ1) is 18.6. The fourth-order valence-corrected chi connectivity index (χ4v) is 3.05. The predicted molar refractivity (Wildman–Crippen MR) is 103 cm³/mol. The molecule has 1 saturated heterocycles. The molecule has 26 heavy (non-hydrogen) atoms. The molecule has 0 saturated carbocycles. The van der Waals surface area contributed by atoms with E-state index in [-0.39, 0.29) is 11.8 Å². The molecule has 3 N–H and O–H groups in total. The quantitative estimate of drug-likeness (QED) is 0.742. The normalized spacial score (nSPS) is 14.7. The van der Waals surface area contributed by atoms with Crippen LogP contribution < -0.4 is 16.0 Å². The van der Waals surface area contributed by atoms with Gasteiger partial charge in [0.25, 0.3) is 5.91 Å². The van der Waals surface area contributed by atoms with E-state index < -0.39 is 5.91 Å². The molecule has 0 radical (unpaired) electrons. The lowest BCUT2D eigenvalue weighted by atomic mass is 9.97. The van der Waals surface area contributed by atoms with Crippen molar-refractivity contribution in [3.63, 3.8) is 0 Å². The van der Waals surface area contributed by atoms with E-state index in [9.17, 15) is 9.59 Å². The molecule has 2 aromatic rings. The number of carbonyl (C=O) groups excluding carboxylic acids is 2. The summed E-state index contributed by atoms with van der Waals surface area (Å²) in [6, 6.07) is 7.98. The summed E-state index contributed by atoms with van der Waals surface area (Å²) in [6.45, 7) is 1.62. The topological polar surface area (TPSA) is 83.1 Å². The Hall–Kier alpha value is -2.15. The number of carbonyl (C=O) groups is 2. The first-order valence-corrected chi connectivity index (χ1v) is 9.02. The number of nitrogens with zero attached hydrogens (tertiary/aromatic N) is 1. The van der Waals surface area contributed by atoms with E-state index in [1.165, 1.54) is 6.20 Å². The highest BCUT2D eigenvalue weighted by molar-refractivity contribution is 6.31. The van der Waals surface area contributed by atoms with Crippen molar-refractivity contribution in [2.24, 2.45) is 5.92 Å². The van der Waals surface area contributed by atoms with Crippen LogP contribution in [0.25, 0.3) is 0 Å². The van der Waals surface area contributed by atoms with Crippen molar-refractivity contribution >= 4 is 46.5 Å². The van der Waals surface area contributed by atoms with Crippen LogP contribution in [0.3, 0.4) is 0 Å². The molecule has 8 heteroatoms. The number of hydrogen-bond donors (Lipinski definition) is 3. The van der Waals surface area contributed by atoms with Crippen molar-refractivity contribution in [2.45, 2.75) is 12.8 Å². The Kier molecular flexibility index (Phi) is 6.08. The molecule has 1 fully saturated rings. The Morgan fingerprint density at radius 2 is 1.77 bits per heavy atom. The fraction of sp³-hybridized carbons (Fsp3) is 0.278. The average molecular weight is 393 g/mol. The van der Waals surface area contributed by atoms with E-state index in [4.69, 9.17) is 23.2 Å². The van der Waals surface area contributed by atoms with Crippen LogP contribution >= 0.6 is 23.2 Å². The van der Waals surface area contributed by atoms with Crippen molar-refractivity contribution in [1.29, 1.82) is 0 Å². The smallest absolute Gasteiger partial charge is 0.258 e. The summed E-state index contributed by atoms with van der Waals surface area (Å²) in [7, 11) is 0. The zero-order valence-electron chi connectivity index (χ0n) is 13.9. The van der Waals surface area contributed by atoms with Gasteiger partial charge >= 0.3 is 0 Å². The molecule has 136 valence electrons. The first-order chi connectivity index (χ1) is 12.5. The molecule has 1 aromatic heterocycles. The van der Waals surface area contributed by atoms with Gasteiger partial charge in [-0.15, -0.1) is 0 Å². The number of nitrogens with one attached hydrogen (secondary N) is 3. The second-order valence-electron chi connectivity index (χ2n) is 6.02. The number of benzene rings is 1. The van der Waals surface area contributed by atoms with Crippen LogP contribution in [-0.4, -0.2) is 29.9 Å². The minimum Gasteiger partial charge on any atom is -0.325 e. The van der Waals surface area contributed by atoms with Gasteiger partial charge in [-0.25, -0.2) is 4.98 Å². The van der Waals surface area contributed by atoms with E-state index in [0.717, 1.165) is 25.9 Å². The van der Waals surface area contributed by atoms with Crippen LogP contribution in [0.1, 0.15) is 23.2 Å². The Morgan fingerprint density at radius 1 is 1.04 bits per heavy atom. The Balaban J connectivity index is 1.77. The predicted octanol–water partition coefficient (Wildman–Crippen LogP) is 3.58. The summed E-state index contributed by atoms with van der Waals surface area (Å²) in [5.74, 6) is -0.210. The summed E-state index contributed by atoms with van der Waals surface area (Å²) in [5.41, 5.74) is 0.695. The van der Waals surface area contributed by atoms with Crippen molar-refractivity contribution < 1.29 is 9.59 Å². The first-order valence-electron chi connectivity index (χ1n) is 8.27. The molecule has 0 aliphatic carbocycles. The molecular formula is C18H18Cl2N4O2. The Labute approximate surface area is 161 Å².